The Morgan fingerprint density at radius 2 is 1.61 bits per heavy atom. The summed E-state index contributed by atoms with van der Waals surface area (Å²) in [5.74, 6) is -0.254. The first-order valence-electron chi connectivity index (χ1n) is 10.2. The summed E-state index contributed by atoms with van der Waals surface area (Å²) in [6, 6.07) is 3.82. The van der Waals surface area contributed by atoms with Crippen LogP contribution in [0.15, 0.2) is 36.4 Å². The van der Waals surface area contributed by atoms with Gasteiger partial charge >= 0.3 is 0 Å². The molecule has 0 aromatic heterocycles. The van der Waals surface area contributed by atoms with Gasteiger partial charge in [-0.15, -0.1) is 6.58 Å². The summed E-state index contributed by atoms with van der Waals surface area (Å²) in [6.45, 7) is 3.86. The van der Waals surface area contributed by atoms with Crippen LogP contribution in [0.1, 0.15) is 18.4 Å². The summed E-state index contributed by atoms with van der Waals surface area (Å²) in [5.41, 5.74) is 0.830. The van der Waals surface area contributed by atoms with Crippen molar-refractivity contribution in [2.24, 2.45) is 11.8 Å². The molecule has 3 aliphatic rings. The average molecular weight is 433 g/mol. The second kappa shape index (κ2) is 9.02. The molecular weight excluding hydrogens is 400 g/mol. The van der Waals surface area contributed by atoms with E-state index in [2.05, 4.69) is 6.58 Å². The fraction of sp³-hybridized carbons (Fsp3) is 0.542. The Hall–Kier alpha value is -2.35. The highest BCUT2D eigenvalue weighted by atomic mass is 16.7. The standard InChI is InChI=1S/C24H32O7/c1-8-9-16-14-23(29-5)17(13-18(16)24(30-6,31-7)22(23)25)10-15-11-19(26-2)21(28-4)20(12-15)27-3/h8,11-12,14,17-18H,1,9-10,13H2,2-7H3/t17-,18+,23-/m1/s1. The van der Waals surface area contributed by atoms with Gasteiger partial charge in [0, 0.05) is 33.2 Å². The van der Waals surface area contributed by atoms with Crippen LogP contribution in [-0.2, 0) is 25.4 Å². The predicted molar refractivity (Wildman–Crippen MR) is 116 cm³/mol. The summed E-state index contributed by atoms with van der Waals surface area (Å²) in [5, 5.41) is 0. The molecule has 0 amide bonds. The summed E-state index contributed by atoms with van der Waals surface area (Å²) in [6.07, 6.45) is 5.65. The monoisotopic (exact) mass is 432 g/mol. The SMILES string of the molecule is C=CCC1=C[C@]2(OC)C(=O)C(OC)(OC)[C@H]1C[C@H]2Cc1cc(OC)c(OC)c(OC)c1. The van der Waals surface area contributed by atoms with Gasteiger partial charge in [-0.3, -0.25) is 4.79 Å². The number of allylic oxidation sites excluding steroid dienone is 1. The third-order valence-electron chi connectivity index (χ3n) is 6.64. The van der Waals surface area contributed by atoms with E-state index in [0.717, 1.165) is 11.1 Å². The molecule has 0 spiro atoms. The van der Waals surface area contributed by atoms with Gasteiger partial charge in [-0.05, 0) is 43.0 Å². The van der Waals surface area contributed by atoms with Crippen LogP contribution in [0.4, 0.5) is 0 Å². The molecule has 4 rings (SSSR count). The van der Waals surface area contributed by atoms with Crippen LogP contribution in [0.25, 0.3) is 0 Å². The van der Waals surface area contributed by atoms with Crippen LogP contribution in [0.5, 0.6) is 17.2 Å². The fourth-order valence-electron chi connectivity index (χ4n) is 5.20. The number of ether oxygens (including phenoxy) is 6. The largest absolute Gasteiger partial charge is 0.493 e. The molecule has 7 nitrogen and oxygen atoms in total. The molecule has 1 aromatic carbocycles. The van der Waals surface area contributed by atoms with E-state index in [4.69, 9.17) is 28.4 Å². The van der Waals surface area contributed by atoms with Gasteiger partial charge in [-0.1, -0.05) is 11.6 Å². The lowest BCUT2D eigenvalue weighted by Gasteiger charge is -2.55. The van der Waals surface area contributed by atoms with E-state index in [1.165, 1.54) is 14.2 Å². The molecule has 0 unspecified atom stereocenters. The molecule has 0 radical (unpaired) electrons. The Labute approximate surface area is 183 Å². The maximum Gasteiger partial charge on any atom is 0.238 e. The lowest BCUT2D eigenvalue weighted by Crippen LogP contribution is -2.69. The van der Waals surface area contributed by atoms with Crippen LogP contribution < -0.4 is 14.2 Å². The Morgan fingerprint density at radius 1 is 1.00 bits per heavy atom. The molecule has 0 aliphatic heterocycles. The van der Waals surface area contributed by atoms with Gasteiger partial charge in [0.05, 0.1) is 21.3 Å². The van der Waals surface area contributed by atoms with Gasteiger partial charge in [0.25, 0.3) is 0 Å². The molecule has 1 aromatic rings. The first-order chi connectivity index (χ1) is 14.9. The molecule has 170 valence electrons. The first kappa shape index (κ1) is 23.3. The van der Waals surface area contributed by atoms with Crippen molar-refractivity contribution in [2.75, 3.05) is 42.7 Å². The predicted octanol–water partition coefficient (Wildman–Crippen LogP) is 3.35. The van der Waals surface area contributed by atoms with Crippen molar-refractivity contribution in [1.82, 2.24) is 0 Å². The number of methoxy groups -OCH3 is 6. The Kier molecular flexibility index (Phi) is 6.79. The quantitative estimate of drug-likeness (QED) is 0.415. The molecule has 7 heteroatoms. The average Bonchev–Trinajstić information content (AvgIpc) is 2.80. The number of Topliss-reactive ketones (excluding diaryl/α,β-unsaturated/α-hetero) is 1. The number of carbonyl (C=O) groups excluding carboxylic acids is 1. The van der Waals surface area contributed by atoms with Gasteiger partial charge < -0.3 is 28.4 Å². The number of hydrogen-bond acceptors (Lipinski definition) is 7. The Morgan fingerprint density at radius 3 is 2.06 bits per heavy atom. The molecule has 0 saturated heterocycles. The van der Waals surface area contributed by atoms with E-state index < -0.39 is 11.4 Å². The molecule has 31 heavy (non-hydrogen) atoms. The van der Waals surface area contributed by atoms with Gasteiger partial charge in [0.2, 0.25) is 17.3 Å². The van der Waals surface area contributed by atoms with E-state index in [1.54, 1.807) is 28.4 Å². The molecule has 2 bridgehead atoms. The lowest BCUT2D eigenvalue weighted by molar-refractivity contribution is -0.259. The third-order valence-corrected chi connectivity index (χ3v) is 6.64. The zero-order chi connectivity index (χ0) is 22.8. The summed E-state index contributed by atoms with van der Waals surface area (Å²) in [7, 11) is 9.30. The smallest absolute Gasteiger partial charge is 0.238 e. The van der Waals surface area contributed by atoms with Gasteiger partial charge in [0.15, 0.2) is 17.1 Å². The van der Waals surface area contributed by atoms with Crippen molar-refractivity contribution < 1.29 is 33.2 Å². The van der Waals surface area contributed by atoms with E-state index in [0.29, 0.717) is 36.5 Å². The first-order valence-corrected chi connectivity index (χ1v) is 10.2. The summed E-state index contributed by atoms with van der Waals surface area (Å²) >= 11 is 0. The molecule has 0 heterocycles. The minimum atomic E-state index is -1.37. The molecule has 0 N–H and O–H groups in total. The number of hydrogen-bond donors (Lipinski definition) is 0. The molecule has 1 saturated carbocycles. The minimum Gasteiger partial charge on any atom is -0.493 e. The van der Waals surface area contributed by atoms with Crippen molar-refractivity contribution >= 4 is 5.78 Å². The topological polar surface area (TPSA) is 72.5 Å². The number of fused-ring (bicyclic) bond motifs is 2. The lowest BCUT2D eigenvalue weighted by atomic mass is 9.57. The van der Waals surface area contributed by atoms with Gasteiger partial charge in [-0.2, -0.15) is 0 Å². The second-order valence-electron chi connectivity index (χ2n) is 7.84. The number of carbonyl (C=O) groups is 1. The highest BCUT2D eigenvalue weighted by Crippen LogP contribution is 2.55. The van der Waals surface area contributed by atoms with Gasteiger partial charge in [0.1, 0.15) is 0 Å². The Balaban J connectivity index is 2.07. The van der Waals surface area contributed by atoms with E-state index in [1.807, 2.05) is 24.3 Å². The van der Waals surface area contributed by atoms with Crippen molar-refractivity contribution in [2.45, 2.75) is 30.7 Å². The van der Waals surface area contributed by atoms with E-state index >= 15 is 0 Å². The van der Waals surface area contributed by atoms with Crippen LogP contribution in [0, 0.1) is 11.8 Å². The third kappa shape index (κ3) is 3.45. The second-order valence-corrected chi connectivity index (χ2v) is 7.84. The van der Waals surface area contributed by atoms with Crippen molar-refractivity contribution in [3.05, 3.63) is 42.0 Å². The highest BCUT2D eigenvalue weighted by Gasteiger charge is 2.66. The zero-order valence-electron chi connectivity index (χ0n) is 19.2. The Bertz CT molecular complexity index is 846. The summed E-state index contributed by atoms with van der Waals surface area (Å²) in [4.78, 5) is 13.7. The normalized spacial score (nSPS) is 26.4. The highest BCUT2D eigenvalue weighted by molar-refractivity contribution is 5.99. The van der Waals surface area contributed by atoms with Crippen LogP contribution >= 0.6 is 0 Å². The number of ketones is 1. The van der Waals surface area contributed by atoms with E-state index in [9.17, 15) is 4.79 Å². The maximum absolute atomic E-state index is 13.7. The number of benzene rings is 1. The van der Waals surface area contributed by atoms with Gasteiger partial charge in [-0.25, -0.2) is 0 Å². The summed E-state index contributed by atoms with van der Waals surface area (Å²) < 4.78 is 33.8. The van der Waals surface area contributed by atoms with Crippen LogP contribution in [-0.4, -0.2) is 59.8 Å². The molecule has 3 atom stereocenters. The van der Waals surface area contributed by atoms with Crippen LogP contribution in [0.2, 0.25) is 0 Å². The van der Waals surface area contributed by atoms with Crippen LogP contribution in [0.3, 0.4) is 0 Å². The minimum absolute atomic E-state index is 0.121. The van der Waals surface area contributed by atoms with Crippen molar-refractivity contribution in [3.8, 4) is 17.2 Å². The fourth-order valence-corrected chi connectivity index (χ4v) is 5.20. The van der Waals surface area contributed by atoms with E-state index in [-0.39, 0.29) is 17.6 Å². The molecule has 3 aliphatic carbocycles. The molecular formula is C24H32O7. The number of rotatable bonds is 10. The molecule has 1 fully saturated rings. The zero-order valence-corrected chi connectivity index (χ0v) is 19.2. The maximum atomic E-state index is 13.7. The van der Waals surface area contributed by atoms with Crippen molar-refractivity contribution in [1.29, 1.82) is 0 Å². The van der Waals surface area contributed by atoms with Crippen molar-refractivity contribution in [3.63, 3.8) is 0 Å².